The predicted molar refractivity (Wildman–Crippen MR) is 224 cm³/mol. The van der Waals surface area contributed by atoms with Crippen LogP contribution in [0.4, 0.5) is 4.79 Å². The maximum absolute atomic E-state index is 14.0. The molecule has 1 fully saturated rings. The van der Waals surface area contributed by atoms with Crippen LogP contribution in [0.3, 0.4) is 0 Å². The van der Waals surface area contributed by atoms with E-state index in [0.29, 0.717) is 38.2 Å². The molecule has 1 aliphatic heterocycles. The summed E-state index contributed by atoms with van der Waals surface area (Å²) in [5.74, 6) is 0.593. The quantitative estimate of drug-likeness (QED) is 0.0472. The number of aliphatic hydroxyl groups excluding tert-OH is 2. The summed E-state index contributed by atoms with van der Waals surface area (Å²) >= 11 is 1.75. The molecule has 6 rings (SSSR count). The Hall–Kier alpha value is -4.29. The molecule has 306 valence electrons. The Kier molecular flexibility index (Phi) is 15.5. The zero-order valence-electron chi connectivity index (χ0n) is 33.3. The van der Waals surface area contributed by atoms with Crippen LogP contribution >= 0.6 is 11.8 Å². The van der Waals surface area contributed by atoms with E-state index in [0.717, 1.165) is 59.6 Å². The van der Waals surface area contributed by atoms with Gasteiger partial charge in [-0.05, 0) is 85.9 Å². The summed E-state index contributed by atoms with van der Waals surface area (Å²) in [6.07, 6.45) is 8.66. The van der Waals surface area contributed by atoms with Gasteiger partial charge in [-0.2, -0.15) is 0 Å². The third kappa shape index (κ3) is 10.1. The second-order valence-corrected chi connectivity index (χ2v) is 16.0. The molecular formula is C46H58N2O8S. The molecule has 10 nitrogen and oxygen atoms in total. The molecule has 1 heterocycles. The highest BCUT2D eigenvalue weighted by Gasteiger charge is 2.65. The molecule has 57 heavy (non-hydrogen) atoms. The van der Waals surface area contributed by atoms with Gasteiger partial charge in [-0.15, -0.1) is 18.3 Å². The highest BCUT2D eigenvalue weighted by Crippen LogP contribution is 2.61. The van der Waals surface area contributed by atoms with E-state index >= 15 is 0 Å². The highest BCUT2D eigenvalue weighted by atomic mass is 32.2. The number of rotatable bonds is 21. The Morgan fingerprint density at radius 3 is 2.47 bits per heavy atom. The van der Waals surface area contributed by atoms with Crippen molar-refractivity contribution < 1.29 is 38.8 Å². The number of benzene rings is 3. The number of allylic oxidation sites excluding steroid dienone is 1. The topological polar surface area (TPSA) is 119 Å². The second-order valence-electron chi connectivity index (χ2n) is 14.9. The van der Waals surface area contributed by atoms with Crippen LogP contribution in [-0.4, -0.2) is 84.6 Å². The van der Waals surface area contributed by atoms with Crippen LogP contribution < -0.4 is 9.47 Å². The number of carbonyl (C=O) groups excluding carboxylic acids is 1. The average molecular weight is 799 g/mol. The molecule has 11 heteroatoms. The normalized spacial score (nSPS) is 24.0. The fourth-order valence-electron chi connectivity index (χ4n) is 8.74. The van der Waals surface area contributed by atoms with Crippen molar-refractivity contribution in [1.29, 1.82) is 0 Å². The summed E-state index contributed by atoms with van der Waals surface area (Å²) in [5.41, 5.74) is 3.64. The van der Waals surface area contributed by atoms with Crippen molar-refractivity contribution in [2.75, 3.05) is 45.8 Å². The molecule has 2 aliphatic carbocycles. The van der Waals surface area contributed by atoms with Gasteiger partial charge in [-0.1, -0.05) is 78.7 Å². The largest absolute Gasteiger partial charge is 0.493 e. The number of fused-ring (bicyclic) bond motifs is 2. The number of likely N-dealkylation sites (N-methyl/N-ethyl adjacent to an activating group) is 1. The van der Waals surface area contributed by atoms with Gasteiger partial charge >= 0.3 is 6.09 Å². The zero-order chi connectivity index (χ0) is 40.0. The fraction of sp³-hybridized carbons (Fsp3) is 0.478. The van der Waals surface area contributed by atoms with E-state index in [-0.39, 0.29) is 44.2 Å². The van der Waals surface area contributed by atoms with Crippen LogP contribution in [0.25, 0.3) is 0 Å². The fourth-order valence-corrected chi connectivity index (χ4v) is 9.50. The minimum Gasteiger partial charge on any atom is -0.493 e. The van der Waals surface area contributed by atoms with Crippen molar-refractivity contribution in [3.63, 3.8) is 0 Å². The molecule has 1 amide bonds. The number of amides is 1. The lowest BCUT2D eigenvalue weighted by molar-refractivity contribution is -0.253. The first-order chi connectivity index (χ1) is 27.9. The Morgan fingerprint density at radius 2 is 1.75 bits per heavy atom. The van der Waals surface area contributed by atoms with Gasteiger partial charge in [0.05, 0.1) is 24.8 Å². The van der Waals surface area contributed by atoms with E-state index in [1.54, 1.807) is 29.8 Å². The minimum atomic E-state index is -1.34. The second kappa shape index (κ2) is 20.9. The molecule has 2 N–H and O–H groups in total. The summed E-state index contributed by atoms with van der Waals surface area (Å²) < 4.78 is 26.5. The number of oxime groups is 1. The molecule has 3 aromatic carbocycles. The van der Waals surface area contributed by atoms with Crippen molar-refractivity contribution in [2.45, 2.75) is 81.1 Å². The van der Waals surface area contributed by atoms with Crippen molar-refractivity contribution in [2.24, 2.45) is 22.9 Å². The molecule has 0 saturated heterocycles. The number of hydrogen-bond donors (Lipinski definition) is 2. The van der Waals surface area contributed by atoms with Gasteiger partial charge < -0.3 is 38.9 Å². The van der Waals surface area contributed by atoms with E-state index in [2.05, 4.69) is 30.9 Å². The molecule has 0 unspecified atom stereocenters. The van der Waals surface area contributed by atoms with Gasteiger partial charge in [0.2, 0.25) is 5.79 Å². The Labute approximate surface area is 341 Å². The Morgan fingerprint density at radius 1 is 1.02 bits per heavy atom. The molecule has 6 atom stereocenters. The van der Waals surface area contributed by atoms with Crippen molar-refractivity contribution in [3.8, 4) is 11.5 Å². The molecule has 0 spiro atoms. The molecule has 0 aromatic heterocycles. The lowest BCUT2D eigenvalue weighted by Gasteiger charge is -2.59. The van der Waals surface area contributed by atoms with Crippen LogP contribution in [0.15, 0.2) is 113 Å². The maximum Gasteiger partial charge on any atom is 0.410 e. The van der Waals surface area contributed by atoms with E-state index in [9.17, 15) is 15.0 Å². The van der Waals surface area contributed by atoms with Gasteiger partial charge in [-0.25, -0.2) is 4.79 Å². The minimum absolute atomic E-state index is 0.115. The molecular weight excluding hydrogens is 741 g/mol. The molecule has 1 saturated carbocycles. The molecule has 0 bridgehead atoms. The van der Waals surface area contributed by atoms with Crippen LogP contribution in [0, 0.1) is 17.8 Å². The SMILES string of the molecule is C=CCO[C@@]12Oc3ccc(OCCSc4ccccc4)cc3[C@H]3[C@H](CCCCO)[C@@H](CCCCO)C=C(C(=NOCC)C[C@@H]1N(C)C(=O)OCc1ccccc1)[C@H]32. The summed E-state index contributed by atoms with van der Waals surface area (Å²) in [6, 6.07) is 25.3. The van der Waals surface area contributed by atoms with Crippen LogP contribution in [-0.2, 0) is 20.9 Å². The monoisotopic (exact) mass is 798 g/mol. The predicted octanol–water partition coefficient (Wildman–Crippen LogP) is 8.78. The number of thioether (sulfide) groups is 1. The lowest BCUT2D eigenvalue weighted by atomic mass is 9.55. The highest BCUT2D eigenvalue weighted by molar-refractivity contribution is 7.99. The number of hydrogen-bond acceptors (Lipinski definition) is 10. The van der Waals surface area contributed by atoms with E-state index in [1.165, 1.54) is 4.90 Å². The number of aliphatic hydroxyl groups is 2. The summed E-state index contributed by atoms with van der Waals surface area (Å²) in [7, 11) is 1.74. The van der Waals surface area contributed by atoms with Gasteiger partial charge in [0.1, 0.15) is 30.8 Å². The third-order valence-electron chi connectivity index (χ3n) is 11.3. The summed E-state index contributed by atoms with van der Waals surface area (Å²) in [5, 5.41) is 24.4. The number of unbranched alkanes of at least 4 members (excludes halogenated alkanes) is 2. The van der Waals surface area contributed by atoms with Gasteiger partial charge in [0, 0.05) is 48.8 Å². The van der Waals surface area contributed by atoms with Crippen molar-refractivity contribution in [1.82, 2.24) is 4.90 Å². The van der Waals surface area contributed by atoms with Gasteiger partial charge in [0.15, 0.2) is 0 Å². The summed E-state index contributed by atoms with van der Waals surface area (Å²) in [4.78, 5) is 22.6. The molecule has 0 radical (unpaired) electrons. The number of nitrogens with zero attached hydrogens (tertiary/aromatic N) is 2. The number of ether oxygens (including phenoxy) is 4. The van der Waals surface area contributed by atoms with Gasteiger partial charge in [-0.3, -0.25) is 0 Å². The average Bonchev–Trinajstić information content (AvgIpc) is 3.24. The maximum atomic E-state index is 14.0. The standard InChI is InChI=1S/C46H58N2O8S/c1-4-26-54-46-42(48(3)45(51)53-32-33-16-8-6-9-17-33)31-40(47-55-5-2)38-29-34(18-12-14-24-49)37(21-13-15-25-50)43(44(38)46)39-30-35(22-23-41(39)56-46)52-27-28-57-36-19-10-7-11-20-36/h4,6-11,16-17,19-20,22-23,29-30,34,37,42-44,49-50H,1,5,12-15,18,21,24-28,31-32H2,2-3H3/t34-,37+,42-,43+,44+,46+/m0/s1. The Balaban J connectivity index is 1.44. The molecule has 3 aliphatic rings. The van der Waals surface area contributed by atoms with Crippen LogP contribution in [0.2, 0.25) is 0 Å². The lowest BCUT2D eigenvalue weighted by Crippen LogP contribution is -2.69. The van der Waals surface area contributed by atoms with Crippen LogP contribution in [0.5, 0.6) is 11.5 Å². The summed E-state index contributed by atoms with van der Waals surface area (Å²) in [6.45, 7) is 7.36. The van der Waals surface area contributed by atoms with E-state index in [1.807, 2.05) is 67.6 Å². The third-order valence-corrected chi connectivity index (χ3v) is 12.2. The van der Waals surface area contributed by atoms with Crippen molar-refractivity contribution in [3.05, 3.63) is 114 Å². The van der Waals surface area contributed by atoms with E-state index in [4.69, 9.17) is 28.9 Å². The van der Waals surface area contributed by atoms with Gasteiger partial charge in [0.25, 0.3) is 0 Å². The molecule has 3 aromatic rings. The Bertz CT molecular complexity index is 1810. The zero-order valence-corrected chi connectivity index (χ0v) is 34.1. The number of carbonyl (C=O) groups is 1. The first kappa shape index (κ1) is 42.3. The van der Waals surface area contributed by atoms with E-state index < -0.39 is 23.8 Å². The first-order valence-electron chi connectivity index (χ1n) is 20.4. The smallest absolute Gasteiger partial charge is 0.410 e. The van der Waals surface area contributed by atoms with Crippen LogP contribution in [0.1, 0.15) is 68.9 Å². The van der Waals surface area contributed by atoms with Crippen molar-refractivity contribution >= 4 is 23.6 Å². The first-order valence-corrected chi connectivity index (χ1v) is 21.4.